The lowest BCUT2D eigenvalue weighted by Gasteiger charge is -2.12. The molecule has 0 atom stereocenters. The average Bonchev–Trinajstić information content (AvgIpc) is 2.36. The zero-order chi connectivity index (χ0) is 12.4. The van der Waals surface area contributed by atoms with E-state index in [9.17, 15) is 0 Å². The topological polar surface area (TPSA) is 104 Å². The lowest BCUT2D eigenvalue weighted by molar-refractivity contribution is 1.17. The van der Waals surface area contributed by atoms with Crippen LogP contribution in [-0.4, -0.2) is 9.97 Å². The van der Waals surface area contributed by atoms with Crippen molar-refractivity contribution < 1.29 is 0 Å². The Morgan fingerprint density at radius 2 is 1.71 bits per heavy atom. The third-order valence-electron chi connectivity index (χ3n) is 2.49. The smallest absolute Gasteiger partial charge is 0.159 e. The lowest BCUT2D eigenvalue weighted by atomic mass is 10.0. The molecule has 0 aliphatic rings. The highest BCUT2D eigenvalue weighted by Crippen LogP contribution is 2.35. The van der Waals surface area contributed by atoms with Crippen LogP contribution in [0.5, 0.6) is 0 Å². The normalized spacial score (nSPS) is 10.1. The van der Waals surface area contributed by atoms with E-state index in [0.717, 1.165) is 5.56 Å². The van der Waals surface area contributed by atoms with Crippen LogP contribution < -0.4 is 17.2 Å². The summed E-state index contributed by atoms with van der Waals surface area (Å²) in [7, 11) is 0. The molecule has 1 aromatic carbocycles. The Bertz CT molecular complexity index is 563. The predicted octanol–water partition coefficient (Wildman–Crippen LogP) is 1.53. The molecule has 0 spiro atoms. The number of aromatic nitrogens is 2. The average molecular weight is 227 g/mol. The first kappa shape index (κ1) is 10.9. The number of nitrogen functional groups attached to an aromatic ring is 3. The summed E-state index contributed by atoms with van der Waals surface area (Å²) in [6.07, 6.45) is 4.92. The largest absolute Gasteiger partial charge is 0.397 e. The van der Waals surface area contributed by atoms with Gasteiger partial charge < -0.3 is 17.2 Å². The Labute approximate surface area is 99.0 Å². The third kappa shape index (κ3) is 1.78. The van der Waals surface area contributed by atoms with Crippen LogP contribution in [0.2, 0.25) is 0 Å². The van der Waals surface area contributed by atoms with Crippen LogP contribution in [0.1, 0.15) is 5.56 Å². The Kier molecular flexibility index (Phi) is 2.66. The van der Waals surface area contributed by atoms with Gasteiger partial charge in [-0.3, -0.25) is 0 Å². The van der Waals surface area contributed by atoms with Gasteiger partial charge in [0.15, 0.2) is 5.82 Å². The van der Waals surface area contributed by atoms with Crippen molar-refractivity contribution in [1.29, 1.82) is 0 Å². The molecule has 0 amide bonds. The quantitative estimate of drug-likeness (QED) is 0.675. The van der Waals surface area contributed by atoms with E-state index in [-0.39, 0.29) is 0 Å². The maximum absolute atomic E-state index is 5.90. The van der Waals surface area contributed by atoms with Crippen LogP contribution >= 0.6 is 0 Å². The molecule has 0 aliphatic carbocycles. The number of anilines is 3. The van der Waals surface area contributed by atoms with E-state index < -0.39 is 0 Å². The maximum atomic E-state index is 5.90. The van der Waals surface area contributed by atoms with Crippen LogP contribution in [0.15, 0.2) is 31.1 Å². The summed E-state index contributed by atoms with van der Waals surface area (Å²) in [5, 5.41) is 0. The highest BCUT2D eigenvalue weighted by molar-refractivity contribution is 5.92. The van der Waals surface area contributed by atoms with Crippen LogP contribution in [-0.2, 0) is 0 Å². The van der Waals surface area contributed by atoms with E-state index in [2.05, 4.69) is 16.5 Å². The number of hydrogen-bond acceptors (Lipinski definition) is 5. The van der Waals surface area contributed by atoms with Gasteiger partial charge in [-0.15, -0.1) is 0 Å². The fourth-order valence-corrected chi connectivity index (χ4v) is 1.60. The van der Waals surface area contributed by atoms with Gasteiger partial charge in [0.25, 0.3) is 0 Å². The fraction of sp³-hybridized carbons (Fsp3) is 0. The molecular formula is C12H13N5. The Hall–Kier alpha value is -2.56. The molecule has 17 heavy (non-hydrogen) atoms. The zero-order valence-electron chi connectivity index (χ0n) is 9.22. The van der Waals surface area contributed by atoms with Crippen molar-refractivity contribution in [3.8, 4) is 11.4 Å². The van der Waals surface area contributed by atoms with E-state index in [1.54, 1.807) is 30.6 Å². The second kappa shape index (κ2) is 4.13. The molecule has 5 heteroatoms. The summed E-state index contributed by atoms with van der Waals surface area (Å²) in [5.74, 6) is 0.542. The second-order valence-electron chi connectivity index (χ2n) is 3.53. The molecule has 5 nitrogen and oxygen atoms in total. The van der Waals surface area contributed by atoms with E-state index in [1.165, 1.54) is 0 Å². The first-order valence-corrected chi connectivity index (χ1v) is 5.02. The minimum absolute atomic E-state index is 0.361. The third-order valence-corrected chi connectivity index (χ3v) is 2.49. The summed E-state index contributed by atoms with van der Waals surface area (Å²) < 4.78 is 0. The van der Waals surface area contributed by atoms with Crippen LogP contribution in [0, 0.1) is 0 Å². The van der Waals surface area contributed by atoms with E-state index in [1.807, 2.05) is 0 Å². The standard InChI is InChI=1S/C12H13N5/c1-2-7-8(12-16-4-3-5-17-12)6-9(13)11(15)10(7)14/h2-6H,1,13-15H2. The molecular weight excluding hydrogens is 214 g/mol. The highest BCUT2D eigenvalue weighted by atomic mass is 14.9. The summed E-state index contributed by atoms with van der Waals surface area (Å²) in [5.41, 5.74) is 20.1. The van der Waals surface area contributed by atoms with E-state index in [0.29, 0.717) is 28.5 Å². The van der Waals surface area contributed by atoms with Crippen LogP contribution in [0.3, 0.4) is 0 Å². The number of nitrogens with two attached hydrogens (primary N) is 3. The molecule has 0 saturated carbocycles. The monoisotopic (exact) mass is 227 g/mol. The molecule has 2 aromatic rings. The minimum Gasteiger partial charge on any atom is -0.397 e. The Morgan fingerprint density at radius 1 is 1.06 bits per heavy atom. The second-order valence-corrected chi connectivity index (χ2v) is 3.53. The van der Waals surface area contributed by atoms with E-state index in [4.69, 9.17) is 17.2 Å². The summed E-state index contributed by atoms with van der Waals surface area (Å²) in [6.45, 7) is 3.72. The highest BCUT2D eigenvalue weighted by Gasteiger charge is 2.13. The first-order chi connectivity index (χ1) is 8.15. The van der Waals surface area contributed by atoms with Crippen molar-refractivity contribution in [2.45, 2.75) is 0 Å². The molecule has 0 fully saturated rings. The molecule has 1 heterocycles. The molecule has 0 radical (unpaired) electrons. The van der Waals surface area contributed by atoms with Crippen LogP contribution in [0.4, 0.5) is 17.1 Å². The van der Waals surface area contributed by atoms with Gasteiger partial charge >= 0.3 is 0 Å². The maximum Gasteiger partial charge on any atom is 0.159 e. The van der Waals surface area contributed by atoms with E-state index >= 15 is 0 Å². The molecule has 86 valence electrons. The molecule has 2 rings (SSSR count). The predicted molar refractivity (Wildman–Crippen MR) is 70.8 cm³/mol. The molecule has 0 saturated heterocycles. The van der Waals surface area contributed by atoms with Crippen LogP contribution in [0.25, 0.3) is 17.5 Å². The Morgan fingerprint density at radius 3 is 2.29 bits per heavy atom. The fourth-order valence-electron chi connectivity index (χ4n) is 1.60. The molecule has 6 N–H and O–H groups in total. The van der Waals surface area contributed by atoms with Gasteiger partial charge in [0.05, 0.1) is 17.1 Å². The van der Waals surface area contributed by atoms with Gasteiger partial charge in [-0.1, -0.05) is 12.7 Å². The number of rotatable bonds is 2. The summed E-state index contributed by atoms with van der Waals surface area (Å²) >= 11 is 0. The first-order valence-electron chi connectivity index (χ1n) is 5.02. The number of benzene rings is 1. The Balaban J connectivity index is 2.74. The number of nitrogens with zero attached hydrogens (tertiary/aromatic N) is 2. The van der Waals surface area contributed by atoms with Gasteiger partial charge in [0.2, 0.25) is 0 Å². The van der Waals surface area contributed by atoms with Gasteiger partial charge in [-0.05, 0) is 12.1 Å². The molecule has 0 aliphatic heterocycles. The van der Waals surface area contributed by atoms with Crippen molar-refractivity contribution in [1.82, 2.24) is 9.97 Å². The van der Waals surface area contributed by atoms with Gasteiger partial charge in [0, 0.05) is 23.5 Å². The van der Waals surface area contributed by atoms with Crippen molar-refractivity contribution in [2.75, 3.05) is 17.2 Å². The number of hydrogen-bond donors (Lipinski definition) is 3. The SMILES string of the molecule is C=Cc1c(-c2ncccn2)cc(N)c(N)c1N. The van der Waals surface area contributed by atoms with Crippen molar-refractivity contribution >= 4 is 23.1 Å². The van der Waals surface area contributed by atoms with Gasteiger partial charge in [-0.2, -0.15) is 0 Å². The van der Waals surface area contributed by atoms with Crippen molar-refractivity contribution in [3.05, 3.63) is 36.7 Å². The van der Waals surface area contributed by atoms with Gasteiger partial charge in [-0.25, -0.2) is 9.97 Å². The molecule has 0 bridgehead atoms. The molecule has 1 aromatic heterocycles. The minimum atomic E-state index is 0.361. The van der Waals surface area contributed by atoms with Gasteiger partial charge in [0.1, 0.15) is 0 Å². The molecule has 0 unspecified atom stereocenters. The van der Waals surface area contributed by atoms with Crippen molar-refractivity contribution in [2.24, 2.45) is 0 Å². The lowest BCUT2D eigenvalue weighted by Crippen LogP contribution is -2.04. The van der Waals surface area contributed by atoms with Crippen molar-refractivity contribution in [3.63, 3.8) is 0 Å². The zero-order valence-corrected chi connectivity index (χ0v) is 9.22. The summed E-state index contributed by atoms with van der Waals surface area (Å²) in [6, 6.07) is 3.44. The summed E-state index contributed by atoms with van der Waals surface area (Å²) in [4.78, 5) is 8.32.